The number of nitrogens with zero attached hydrogens (tertiary/aromatic N) is 1. The van der Waals surface area contributed by atoms with Crippen molar-refractivity contribution in [3.63, 3.8) is 0 Å². The number of fused-ring (bicyclic) bond motifs is 1. The Morgan fingerprint density at radius 3 is 2.37 bits per heavy atom. The van der Waals surface area contributed by atoms with Crippen molar-refractivity contribution >= 4 is 22.5 Å². The van der Waals surface area contributed by atoms with E-state index in [1.807, 2.05) is 23.8 Å². The molecule has 2 aromatic carbocycles. The third kappa shape index (κ3) is 3.58. The van der Waals surface area contributed by atoms with E-state index in [2.05, 4.69) is 0 Å². The molecule has 0 spiro atoms. The maximum absolute atomic E-state index is 10.6. The van der Waals surface area contributed by atoms with Gasteiger partial charge in [0, 0.05) is 23.7 Å². The van der Waals surface area contributed by atoms with Crippen LogP contribution in [-0.4, -0.2) is 61.1 Å². The Hall–Kier alpha value is -2.13. The maximum Gasteiger partial charge on any atom is 0.115 e. The molecule has 4 rings (SSSR count). The van der Waals surface area contributed by atoms with Gasteiger partial charge in [-0.25, -0.2) is 0 Å². The fraction of sp³-hybridized carbons (Fsp3) is 0.364. The van der Waals surface area contributed by atoms with Gasteiger partial charge in [-0.3, -0.25) is 0 Å². The highest BCUT2D eigenvalue weighted by atomic mass is 35.5. The van der Waals surface area contributed by atoms with Gasteiger partial charge in [0.05, 0.1) is 17.1 Å². The number of benzene rings is 2. The van der Waals surface area contributed by atoms with Crippen molar-refractivity contribution < 1.29 is 30.3 Å². The largest absolute Gasteiger partial charge is 0.508 e. The minimum Gasteiger partial charge on any atom is -0.508 e. The minimum absolute atomic E-state index is 0.173. The molecule has 1 aromatic heterocycles. The quantitative estimate of drug-likeness (QED) is 0.429. The van der Waals surface area contributed by atoms with Crippen molar-refractivity contribution in [2.24, 2.45) is 0 Å². The summed E-state index contributed by atoms with van der Waals surface area (Å²) in [6.45, 7) is 1.88. The summed E-state index contributed by atoms with van der Waals surface area (Å²) in [6, 6.07) is 10.5. The zero-order valence-corrected chi connectivity index (χ0v) is 17.1. The van der Waals surface area contributed by atoms with E-state index >= 15 is 0 Å². The second-order valence-electron chi connectivity index (χ2n) is 7.72. The number of aromatic nitrogens is 1. The zero-order chi connectivity index (χ0) is 21.6. The summed E-state index contributed by atoms with van der Waals surface area (Å²) in [7, 11) is 0. The van der Waals surface area contributed by atoms with Crippen LogP contribution in [0, 0.1) is 6.92 Å². The first-order valence-electron chi connectivity index (χ1n) is 9.68. The number of ether oxygens (including phenoxy) is 1. The minimum atomic E-state index is -1.46. The van der Waals surface area contributed by atoms with E-state index in [1.165, 1.54) is 0 Å². The summed E-state index contributed by atoms with van der Waals surface area (Å²) in [5.41, 5.74) is 3.20. The standard InChI is InChI=1S/C22H24ClNO6/c1-11-2-7-15(23)18-17(11)14(9-24(18)8-12-3-5-13(26)6-4-12)22-21(29)20(28)19(27)16(10-25)30-22/h2-7,9,16,19-22,25-29H,8,10H2,1H3/t16-,19-,20+,21-,22+/m1/s1. The normalized spacial score (nSPS) is 26.9. The van der Waals surface area contributed by atoms with Crippen molar-refractivity contribution in [2.75, 3.05) is 6.61 Å². The molecule has 1 saturated heterocycles. The molecule has 7 nitrogen and oxygen atoms in total. The van der Waals surface area contributed by atoms with E-state index in [0.717, 1.165) is 22.0 Å². The van der Waals surface area contributed by atoms with Crippen LogP contribution in [0.2, 0.25) is 5.02 Å². The highest BCUT2D eigenvalue weighted by molar-refractivity contribution is 6.35. The molecule has 0 radical (unpaired) electrons. The first-order chi connectivity index (χ1) is 14.3. The van der Waals surface area contributed by atoms with Crippen LogP contribution in [0.4, 0.5) is 0 Å². The molecule has 1 fully saturated rings. The molecule has 0 amide bonds. The number of aliphatic hydroxyl groups is 4. The Kier molecular flexibility index (Phi) is 5.76. The van der Waals surface area contributed by atoms with Gasteiger partial charge in [-0.05, 0) is 36.2 Å². The molecule has 0 aliphatic carbocycles. The second-order valence-corrected chi connectivity index (χ2v) is 8.12. The van der Waals surface area contributed by atoms with Gasteiger partial charge >= 0.3 is 0 Å². The molecule has 160 valence electrons. The van der Waals surface area contributed by atoms with Gasteiger partial charge in [-0.1, -0.05) is 29.8 Å². The van der Waals surface area contributed by atoms with Crippen LogP contribution in [0.1, 0.15) is 22.8 Å². The molecule has 2 heterocycles. The molecular formula is C22H24ClNO6. The number of rotatable bonds is 4. The maximum atomic E-state index is 10.6. The molecule has 30 heavy (non-hydrogen) atoms. The van der Waals surface area contributed by atoms with E-state index in [4.69, 9.17) is 16.3 Å². The first-order valence-corrected chi connectivity index (χ1v) is 10.1. The molecule has 8 heteroatoms. The fourth-order valence-corrected chi connectivity index (χ4v) is 4.37. The van der Waals surface area contributed by atoms with Crippen molar-refractivity contribution in [2.45, 2.75) is 44.0 Å². The number of aromatic hydroxyl groups is 1. The number of halogens is 1. The van der Waals surface area contributed by atoms with Gasteiger partial charge < -0.3 is 34.8 Å². The van der Waals surface area contributed by atoms with Crippen LogP contribution in [0.15, 0.2) is 42.6 Å². The lowest BCUT2D eigenvalue weighted by molar-refractivity contribution is -0.231. The Labute approximate surface area is 178 Å². The summed E-state index contributed by atoms with van der Waals surface area (Å²) < 4.78 is 7.72. The molecule has 5 N–H and O–H groups in total. The smallest absolute Gasteiger partial charge is 0.115 e. The second kappa shape index (κ2) is 8.19. The van der Waals surface area contributed by atoms with Crippen molar-refractivity contribution in [1.82, 2.24) is 4.57 Å². The molecule has 0 unspecified atom stereocenters. The number of phenols is 1. The lowest BCUT2D eigenvalue weighted by Gasteiger charge is -2.40. The summed E-state index contributed by atoms with van der Waals surface area (Å²) in [5, 5.41) is 51.4. The Morgan fingerprint density at radius 2 is 1.70 bits per heavy atom. The summed E-state index contributed by atoms with van der Waals surface area (Å²) in [4.78, 5) is 0. The Balaban J connectivity index is 1.84. The third-order valence-electron chi connectivity index (χ3n) is 5.70. The molecule has 1 aliphatic heterocycles. The molecule has 1 aliphatic rings. The Bertz CT molecular complexity index is 1050. The van der Waals surface area contributed by atoms with Crippen LogP contribution in [0.25, 0.3) is 10.9 Å². The van der Waals surface area contributed by atoms with Crippen molar-refractivity contribution in [3.05, 3.63) is 64.3 Å². The van der Waals surface area contributed by atoms with Gasteiger partial charge in [0.15, 0.2) is 0 Å². The lowest BCUT2D eigenvalue weighted by Crippen LogP contribution is -2.55. The summed E-state index contributed by atoms with van der Waals surface area (Å²) in [5.74, 6) is 0.173. The van der Waals surface area contributed by atoms with E-state index in [-0.39, 0.29) is 5.75 Å². The van der Waals surface area contributed by atoms with Gasteiger partial charge in [-0.15, -0.1) is 0 Å². The number of phenolic OH excluding ortho intramolecular Hbond substituents is 1. The van der Waals surface area contributed by atoms with Gasteiger partial charge in [0.1, 0.15) is 36.3 Å². The van der Waals surface area contributed by atoms with Gasteiger partial charge in [0.2, 0.25) is 0 Å². The van der Waals surface area contributed by atoms with Crippen LogP contribution >= 0.6 is 11.6 Å². The molecular weight excluding hydrogens is 410 g/mol. The lowest BCUT2D eigenvalue weighted by atomic mass is 9.90. The monoisotopic (exact) mass is 433 g/mol. The fourth-order valence-electron chi connectivity index (χ4n) is 4.11. The molecule has 5 atom stereocenters. The van der Waals surface area contributed by atoms with E-state index in [9.17, 15) is 25.5 Å². The van der Waals surface area contributed by atoms with Crippen LogP contribution in [0.3, 0.4) is 0 Å². The predicted octanol–water partition coefficient (Wildman–Crippen LogP) is 1.87. The van der Waals surface area contributed by atoms with Crippen LogP contribution in [-0.2, 0) is 11.3 Å². The number of hydrogen-bond donors (Lipinski definition) is 5. The average Bonchev–Trinajstić information content (AvgIpc) is 3.11. The topological polar surface area (TPSA) is 115 Å². The highest BCUT2D eigenvalue weighted by Crippen LogP contribution is 2.40. The third-order valence-corrected chi connectivity index (χ3v) is 6.00. The van der Waals surface area contributed by atoms with Crippen LogP contribution < -0.4 is 0 Å². The van der Waals surface area contributed by atoms with E-state index in [0.29, 0.717) is 17.1 Å². The number of hydrogen-bond acceptors (Lipinski definition) is 6. The van der Waals surface area contributed by atoms with Crippen molar-refractivity contribution in [1.29, 1.82) is 0 Å². The summed E-state index contributed by atoms with van der Waals surface area (Å²) in [6.07, 6.45) is -4.41. The molecule has 0 bridgehead atoms. The van der Waals surface area contributed by atoms with E-state index in [1.54, 1.807) is 30.3 Å². The van der Waals surface area contributed by atoms with Gasteiger partial charge in [-0.2, -0.15) is 0 Å². The highest BCUT2D eigenvalue weighted by Gasteiger charge is 2.45. The number of aryl methyl sites for hydroxylation is 1. The van der Waals surface area contributed by atoms with Crippen molar-refractivity contribution in [3.8, 4) is 5.75 Å². The molecule has 0 saturated carbocycles. The number of aliphatic hydroxyl groups excluding tert-OH is 4. The summed E-state index contributed by atoms with van der Waals surface area (Å²) >= 11 is 6.53. The predicted molar refractivity (Wildman–Crippen MR) is 112 cm³/mol. The molecule has 3 aromatic rings. The average molecular weight is 434 g/mol. The SMILES string of the molecule is Cc1ccc(Cl)c2c1c([C@@H]1O[C@H](CO)[C@@H](O)[C@H](O)[C@H]1O)cn2Cc1ccc(O)cc1. The Morgan fingerprint density at radius 1 is 1.00 bits per heavy atom. The van der Waals surface area contributed by atoms with Gasteiger partial charge in [0.25, 0.3) is 0 Å². The zero-order valence-electron chi connectivity index (χ0n) is 16.3. The first kappa shape index (κ1) is 21.1. The van der Waals surface area contributed by atoms with E-state index < -0.39 is 37.1 Å². The van der Waals surface area contributed by atoms with Crippen LogP contribution in [0.5, 0.6) is 5.75 Å².